The van der Waals surface area contributed by atoms with Gasteiger partial charge in [-0.2, -0.15) is 0 Å². The van der Waals surface area contributed by atoms with Gasteiger partial charge in [0, 0.05) is 6.04 Å². The van der Waals surface area contributed by atoms with E-state index in [2.05, 4.69) is 19.2 Å². The van der Waals surface area contributed by atoms with Gasteiger partial charge in [0.1, 0.15) is 0 Å². The molecule has 0 spiro atoms. The molecule has 3 N–H and O–H groups in total. The zero-order valence-corrected chi connectivity index (χ0v) is 13.7. The molecule has 0 radical (unpaired) electrons. The van der Waals surface area contributed by atoms with Crippen molar-refractivity contribution in [3.05, 3.63) is 0 Å². The molecule has 0 aromatic heterocycles. The van der Waals surface area contributed by atoms with Gasteiger partial charge in [-0.1, -0.05) is 51.7 Å². The summed E-state index contributed by atoms with van der Waals surface area (Å²) in [4.78, 5) is 13.2. The number of nitrogens with one attached hydrogen (secondary N) is 1. The predicted molar refractivity (Wildman–Crippen MR) is 86.5 cm³/mol. The van der Waals surface area contributed by atoms with E-state index in [4.69, 9.17) is 18.0 Å². The fourth-order valence-corrected chi connectivity index (χ4v) is 4.10. The topological polar surface area (TPSA) is 55.1 Å². The van der Waals surface area contributed by atoms with E-state index < -0.39 is 5.41 Å². The zero-order chi connectivity index (χ0) is 14.8. The molecule has 20 heavy (non-hydrogen) atoms. The molecule has 4 heteroatoms. The summed E-state index contributed by atoms with van der Waals surface area (Å²) < 4.78 is 0. The molecule has 0 bridgehead atoms. The molecule has 0 aromatic rings. The maximum atomic E-state index is 12.8. The van der Waals surface area contributed by atoms with Crippen molar-refractivity contribution in [3.8, 4) is 0 Å². The molecule has 1 atom stereocenters. The van der Waals surface area contributed by atoms with Gasteiger partial charge in [-0.3, -0.25) is 4.79 Å². The first-order chi connectivity index (χ1) is 9.36. The highest BCUT2D eigenvalue weighted by Crippen LogP contribution is 2.39. The van der Waals surface area contributed by atoms with Gasteiger partial charge in [0.05, 0.1) is 10.4 Å². The van der Waals surface area contributed by atoms with Crippen molar-refractivity contribution in [1.29, 1.82) is 0 Å². The summed E-state index contributed by atoms with van der Waals surface area (Å²) in [6, 6.07) is 0.298. The van der Waals surface area contributed by atoms with Gasteiger partial charge in [-0.05, 0) is 37.5 Å². The number of hydrogen-bond donors (Lipinski definition) is 2. The van der Waals surface area contributed by atoms with Gasteiger partial charge < -0.3 is 11.1 Å². The van der Waals surface area contributed by atoms with Crippen LogP contribution in [0, 0.1) is 10.8 Å². The SMILES string of the molecule is CC1(C)CCC(NC(=O)C2(C(N)=S)CCCCCC2)C1. The van der Waals surface area contributed by atoms with Crippen LogP contribution in [0.1, 0.15) is 71.6 Å². The van der Waals surface area contributed by atoms with E-state index >= 15 is 0 Å². The first kappa shape index (κ1) is 15.7. The van der Waals surface area contributed by atoms with E-state index in [1.54, 1.807) is 0 Å². The van der Waals surface area contributed by atoms with Gasteiger partial charge in [-0.25, -0.2) is 0 Å². The highest BCUT2D eigenvalue weighted by atomic mass is 32.1. The van der Waals surface area contributed by atoms with Crippen LogP contribution >= 0.6 is 12.2 Å². The van der Waals surface area contributed by atoms with Crippen molar-refractivity contribution in [2.24, 2.45) is 16.6 Å². The van der Waals surface area contributed by atoms with Gasteiger partial charge in [0.25, 0.3) is 0 Å². The van der Waals surface area contributed by atoms with Crippen LogP contribution in [-0.2, 0) is 4.79 Å². The number of carbonyl (C=O) groups is 1. The zero-order valence-electron chi connectivity index (χ0n) is 12.8. The quantitative estimate of drug-likeness (QED) is 0.620. The van der Waals surface area contributed by atoms with E-state index in [0.717, 1.165) is 38.5 Å². The fourth-order valence-electron chi connectivity index (χ4n) is 3.80. The molecule has 2 rings (SSSR count). The summed E-state index contributed by atoms with van der Waals surface area (Å²) in [5.41, 5.74) is 5.73. The lowest BCUT2D eigenvalue weighted by Gasteiger charge is -2.32. The van der Waals surface area contributed by atoms with Gasteiger partial charge in [-0.15, -0.1) is 0 Å². The normalized spacial score (nSPS) is 28.6. The second-order valence-corrected chi connectivity index (χ2v) is 7.88. The number of carbonyl (C=O) groups excluding carboxylic acids is 1. The van der Waals surface area contributed by atoms with Crippen molar-refractivity contribution in [1.82, 2.24) is 5.32 Å². The monoisotopic (exact) mass is 296 g/mol. The number of nitrogens with two attached hydrogens (primary N) is 1. The van der Waals surface area contributed by atoms with E-state index in [1.165, 1.54) is 19.3 Å². The second-order valence-electron chi connectivity index (χ2n) is 7.44. The lowest BCUT2D eigenvalue weighted by Crippen LogP contribution is -2.51. The van der Waals surface area contributed by atoms with Gasteiger partial charge in [0.15, 0.2) is 0 Å². The average molecular weight is 296 g/mol. The molecule has 1 amide bonds. The number of amides is 1. The molecule has 0 saturated heterocycles. The van der Waals surface area contributed by atoms with Crippen molar-refractivity contribution >= 4 is 23.1 Å². The summed E-state index contributed by atoms with van der Waals surface area (Å²) in [6.45, 7) is 4.54. The summed E-state index contributed by atoms with van der Waals surface area (Å²) in [6.07, 6.45) is 9.45. The largest absolute Gasteiger partial charge is 0.392 e. The summed E-state index contributed by atoms with van der Waals surface area (Å²) in [5.74, 6) is 0.0922. The minimum absolute atomic E-state index is 0.0922. The molecule has 2 aliphatic carbocycles. The molecule has 2 fully saturated rings. The first-order valence-corrected chi connectivity index (χ1v) is 8.37. The average Bonchev–Trinajstić information content (AvgIpc) is 2.60. The summed E-state index contributed by atoms with van der Waals surface area (Å²) in [5, 5.41) is 3.25. The third-order valence-electron chi connectivity index (χ3n) is 5.17. The Balaban J connectivity index is 2.06. The van der Waals surface area contributed by atoms with E-state index in [0.29, 0.717) is 16.4 Å². The van der Waals surface area contributed by atoms with E-state index in [-0.39, 0.29) is 5.91 Å². The molecule has 0 aromatic carbocycles. The molecule has 114 valence electrons. The molecule has 3 nitrogen and oxygen atoms in total. The smallest absolute Gasteiger partial charge is 0.233 e. The lowest BCUT2D eigenvalue weighted by molar-refractivity contribution is -0.128. The first-order valence-electron chi connectivity index (χ1n) is 7.97. The van der Waals surface area contributed by atoms with Crippen LogP contribution in [0.5, 0.6) is 0 Å². The molecule has 0 heterocycles. The Bertz CT molecular complexity index is 384. The van der Waals surface area contributed by atoms with E-state index in [9.17, 15) is 4.79 Å². The van der Waals surface area contributed by atoms with Crippen molar-refractivity contribution < 1.29 is 4.79 Å². The van der Waals surface area contributed by atoms with Gasteiger partial charge >= 0.3 is 0 Å². The minimum Gasteiger partial charge on any atom is -0.392 e. The Morgan fingerprint density at radius 2 is 1.75 bits per heavy atom. The molecular formula is C16H28N2OS. The molecule has 0 aliphatic heterocycles. The lowest BCUT2D eigenvalue weighted by atomic mass is 9.79. The van der Waals surface area contributed by atoms with Crippen molar-refractivity contribution in [2.75, 3.05) is 0 Å². The Kier molecular flexibility index (Phi) is 4.73. The maximum absolute atomic E-state index is 12.8. The Labute approximate surface area is 128 Å². The van der Waals surface area contributed by atoms with Crippen molar-refractivity contribution in [3.63, 3.8) is 0 Å². The molecule has 2 aliphatic rings. The van der Waals surface area contributed by atoms with Crippen LogP contribution in [-0.4, -0.2) is 16.9 Å². The Hall–Kier alpha value is -0.640. The second kappa shape index (κ2) is 6.00. The Morgan fingerprint density at radius 3 is 2.20 bits per heavy atom. The van der Waals surface area contributed by atoms with E-state index in [1.807, 2.05) is 0 Å². The Morgan fingerprint density at radius 1 is 1.15 bits per heavy atom. The third-order valence-corrected chi connectivity index (χ3v) is 5.56. The van der Waals surface area contributed by atoms with Crippen LogP contribution < -0.4 is 11.1 Å². The summed E-state index contributed by atoms with van der Waals surface area (Å²) >= 11 is 5.27. The maximum Gasteiger partial charge on any atom is 0.233 e. The number of rotatable bonds is 3. The highest BCUT2D eigenvalue weighted by Gasteiger charge is 2.43. The van der Waals surface area contributed by atoms with Crippen LogP contribution in [0.25, 0.3) is 0 Å². The third kappa shape index (κ3) is 3.33. The van der Waals surface area contributed by atoms with Crippen molar-refractivity contribution in [2.45, 2.75) is 77.7 Å². The minimum atomic E-state index is -0.585. The van der Waals surface area contributed by atoms with Crippen LogP contribution in [0.3, 0.4) is 0 Å². The highest BCUT2D eigenvalue weighted by molar-refractivity contribution is 7.80. The molecule has 1 unspecified atom stereocenters. The number of hydrogen-bond acceptors (Lipinski definition) is 2. The number of thiocarbonyl (C=S) groups is 1. The molecule has 2 saturated carbocycles. The van der Waals surface area contributed by atoms with Crippen LogP contribution in [0.2, 0.25) is 0 Å². The van der Waals surface area contributed by atoms with Crippen LogP contribution in [0.15, 0.2) is 0 Å². The molecular weight excluding hydrogens is 268 g/mol. The van der Waals surface area contributed by atoms with Crippen LogP contribution in [0.4, 0.5) is 0 Å². The summed E-state index contributed by atoms with van der Waals surface area (Å²) in [7, 11) is 0. The fraction of sp³-hybridized carbons (Fsp3) is 0.875. The predicted octanol–water partition coefficient (Wildman–Crippen LogP) is 3.31. The van der Waals surface area contributed by atoms with Gasteiger partial charge in [0.2, 0.25) is 5.91 Å². The standard InChI is InChI=1S/C16H28N2OS/c1-15(2)10-7-12(11-15)18-14(19)16(13(17)20)8-5-3-4-6-9-16/h12H,3-11H2,1-2H3,(H2,17,20)(H,18,19).